The van der Waals surface area contributed by atoms with Gasteiger partial charge in [-0.3, -0.25) is 14.5 Å². The smallest absolute Gasteiger partial charge is 0.325 e. The molecule has 7 heteroatoms. The molecule has 0 radical (unpaired) electrons. The van der Waals surface area contributed by atoms with Crippen LogP contribution in [0.2, 0.25) is 0 Å². The number of aromatic nitrogens is 1. The number of hydrogen-bond acceptors (Lipinski definition) is 4. The van der Waals surface area contributed by atoms with Crippen molar-refractivity contribution in [3.05, 3.63) is 83.1 Å². The summed E-state index contributed by atoms with van der Waals surface area (Å²) in [5.41, 5.74) is 2.24. The van der Waals surface area contributed by atoms with Crippen LogP contribution in [-0.4, -0.2) is 33.7 Å². The molecule has 2 aromatic heterocycles. The van der Waals surface area contributed by atoms with Crippen LogP contribution in [0.3, 0.4) is 0 Å². The molecule has 31 heavy (non-hydrogen) atoms. The molecule has 1 aromatic carbocycles. The third-order valence-corrected chi connectivity index (χ3v) is 5.93. The van der Waals surface area contributed by atoms with Crippen molar-refractivity contribution in [2.45, 2.75) is 39.3 Å². The van der Waals surface area contributed by atoms with Gasteiger partial charge in [0.05, 0.1) is 12.8 Å². The lowest BCUT2D eigenvalue weighted by molar-refractivity contribution is -0.131. The van der Waals surface area contributed by atoms with Gasteiger partial charge in [-0.2, -0.15) is 0 Å². The van der Waals surface area contributed by atoms with E-state index in [0.717, 1.165) is 29.3 Å². The van der Waals surface area contributed by atoms with Gasteiger partial charge in [0.15, 0.2) is 11.3 Å². The number of carbonyl (C=O) groups is 3. The van der Waals surface area contributed by atoms with Crippen molar-refractivity contribution in [2.75, 3.05) is 6.54 Å². The van der Waals surface area contributed by atoms with Crippen LogP contribution in [0.25, 0.3) is 0 Å². The van der Waals surface area contributed by atoms with Gasteiger partial charge in [0.25, 0.3) is 5.91 Å². The molecule has 0 saturated carbocycles. The van der Waals surface area contributed by atoms with Crippen molar-refractivity contribution < 1.29 is 18.8 Å². The number of imide groups is 1. The highest BCUT2D eigenvalue weighted by molar-refractivity contribution is 6.11. The van der Waals surface area contributed by atoms with Crippen LogP contribution in [0.5, 0.6) is 0 Å². The Morgan fingerprint density at radius 2 is 1.84 bits per heavy atom. The van der Waals surface area contributed by atoms with E-state index in [2.05, 4.69) is 22.0 Å². The van der Waals surface area contributed by atoms with E-state index in [4.69, 9.17) is 4.42 Å². The molecular weight excluding hydrogens is 394 g/mol. The Kier molecular flexibility index (Phi) is 5.27. The number of amides is 3. The lowest BCUT2D eigenvalue weighted by Crippen LogP contribution is -2.41. The Bertz CT molecular complexity index is 1130. The van der Waals surface area contributed by atoms with Crippen LogP contribution in [-0.2, 0) is 23.3 Å². The Balaban J connectivity index is 1.50. The van der Waals surface area contributed by atoms with E-state index in [9.17, 15) is 14.4 Å². The third-order valence-electron chi connectivity index (χ3n) is 5.93. The molecule has 0 bridgehead atoms. The molecule has 1 saturated heterocycles. The van der Waals surface area contributed by atoms with Crippen molar-refractivity contribution in [3.63, 3.8) is 0 Å². The highest BCUT2D eigenvalue weighted by atomic mass is 16.3. The van der Waals surface area contributed by atoms with Gasteiger partial charge in [-0.25, -0.2) is 4.79 Å². The van der Waals surface area contributed by atoms with Gasteiger partial charge in [0.1, 0.15) is 5.76 Å². The number of urea groups is 1. The zero-order valence-electron chi connectivity index (χ0n) is 17.8. The molecule has 0 spiro atoms. The maximum atomic E-state index is 13.0. The van der Waals surface area contributed by atoms with Crippen LogP contribution in [0.4, 0.5) is 4.79 Å². The van der Waals surface area contributed by atoms with E-state index < -0.39 is 17.5 Å². The van der Waals surface area contributed by atoms with E-state index in [1.54, 1.807) is 19.1 Å². The maximum Gasteiger partial charge on any atom is 0.325 e. The normalized spacial score (nSPS) is 18.5. The molecule has 3 heterocycles. The first-order chi connectivity index (χ1) is 14.8. The number of nitrogens with one attached hydrogen (secondary N) is 1. The minimum atomic E-state index is -1.31. The summed E-state index contributed by atoms with van der Waals surface area (Å²) in [7, 11) is 0. The highest BCUT2D eigenvalue weighted by Gasteiger charge is 2.51. The number of Topliss-reactive ketones (excluding diaryl/α,β-unsaturated/α-hetero) is 1. The fourth-order valence-electron chi connectivity index (χ4n) is 4.11. The second-order valence-corrected chi connectivity index (χ2v) is 8.02. The molecule has 1 fully saturated rings. The molecule has 4 rings (SSSR count). The molecule has 3 aromatic rings. The van der Waals surface area contributed by atoms with Gasteiger partial charge in [0.2, 0.25) is 0 Å². The number of ketones is 1. The summed E-state index contributed by atoms with van der Waals surface area (Å²) in [4.78, 5) is 39.4. The molecule has 160 valence electrons. The van der Waals surface area contributed by atoms with Gasteiger partial charge >= 0.3 is 6.03 Å². The summed E-state index contributed by atoms with van der Waals surface area (Å²) in [5.74, 6) is -0.440. The molecule has 1 atom stereocenters. The molecule has 1 N–H and O–H groups in total. The topological polar surface area (TPSA) is 84.6 Å². The Morgan fingerprint density at radius 3 is 2.52 bits per heavy atom. The van der Waals surface area contributed by atoms with Crippen molar-refractivity contribution in [1.82, 2.24) is 14.8 Å². The molecule has 1 aliphatic heterocycles. The monoisotopic (exact) mass is 419 g/mol. The van der Waals surface area contributed by atoms with Gasteiger partial charge < -0.3 is 14.3 Å². The maximum absolute atomic E-state index is 13.0. The predicted octanol–water partition coefficient (Wildman–Crippen LogP) is 3.59. The lowest BCUT2D eigenvalue weighted by atomic mass is 9.99. The van der Waals surface area contributed by atoms with Crippen LogP contribution >= 0.6 is 0 Å². The summed E-state index contributed by atoms with van der Waals surface area (Å²) < 4.78 is 7.42. The molecule has 7 nitrogen and oxygen atoms in total. The van der Waals surface area contributed by atoms with E-state index in [0.29, 0.717) is 11.3 Å². The quantitative estimate of drug-likeness (QED) is 0.469. The molecular formula is C24H25N3O4. The van der Waals surface area contributed by atoms with Crippen LogP contribution in [0.1, 0.15) is 40.0 Å². The number of rotatable bonds is 7. The van der Waals surface area contributed by atoms with Gasteiger partial charge in [0, 0.05) is 23.5 Å². The minimum Gasteiger partial charge on any atom is -0.466 e. The predicted molar refractivity (Wildman–Crippen MR) is 115 cm³/mol. The van der Waals surface area contributed by atoms with Crippen molar-refractivity contribution >= 4 is 17.7 Å². The standard InChI is InChI=1S/C24H25N3O4/c1-16-14-19(17(2)26(16)12-11-18-8-5-4-6-9-18)20(28)15-27-22(29)24(3,25-23(27)30)21-10-7-13-31-21/h4-10,13-14H,11-12,15H2,1-3H3,(H,25,30). The Labute approximate surface area is 180 Å². The molecule has 1 aliphatic rings. The van der Waals surface area contributed by atoms with Crippen LogP contribution in [0, 0.1) is 13.8 Å². The van der Waals surface area contributed by atoms with Crippen molar-refractivity contribution in [3.8, 4) is 0 Å². The van der Waals surface area contributed by atoms with E-state index in [1.807, 2.05) is 38.1 Å². The third kappa shape index (κ3) is 3.67. The molecule has 1 unspecified atom stereocenters. The first-order valence-corrected chi connectivity index (χ1v) is 10.2. The second-order valence-electron chi connectivity index (χ2n) is 8.02. The Morgan fingerprint density at radius 1 is 1.10 bits per heavy atom. The highest BCUT2D eigenvalue weighted by Crippen LogP contribution is 2.29. The molecule has 3 amide bonds. The van der Waals surface area contributed by atoms with Crippen LogP contribution < -0.4 is 5.32 Å². The summed E-state index contributed by atoms with van der Waals surface area (Å²) in [6.07, 6.45) is 2.29. The average Bonchev–Trinajstić information content (AvgIpc) is 3.44. The zero-order valence-corrected chi connectivity index (χ0v) is 17.8. The lowest BCUT2D eigenvalue weighted by Gasteiger charge is -2.18. The first-order valence-electron chi connectivity index (χ1n) is 10.2. The van der Waals surface area contributed by atoms with E-state index in [-0.39, 0.29) is 12.3 Å². The number of nitrogens with zero attached hydrogens (tertiary/aromatic N) is 2. The number of hydrogen-bond donors (Lipinski definition) is 1. The van der Waals surface area contributed by atoms with E-state index in [1.165, 1.54) is 11.8 Å². The first kappa shape index (κ1) is 20.7. The number of benzene rings is 1. The van der Waals surface area contributed by atoms with Gasteiger partial charge in [-0.15, -0.1) is 0 Å². The minimum absolute atomic E-state index is 0.272. The largest absolute Gasteiger partial charge is 0.466 e. The van der Waals surface area contributed by atoms with Gasteiger partial charge in [-0.05, 0) is 51.0 Å². The molecule has 0 aliphatic carbocycles. The zero-order chi connectivity index (χ0) is 22.2. The number of carbonyl (C=O) groups excluding carboxylic acids is 3. The SMILES string of the molecule is Cc1cc(C(=O)CN2C(=O)NC(C)(c3ccco3)C2=O)c(C)n1CCc1ccccc1. The van der Waals surface area contributed by atoms with E-state index >= 15 is 0 Å². The van der Waals surface area contributed by atoms with Crippen LogP contribution in [0.15, 0.2) is 59.2 Å². The summed E-state index contributed by atoms with van der Waals surface area (Å²) >= 11 is 0. The van der Waals surface area contributed by atoms with Crippen molar-refractivity contribution in [1.29, 1.82) is 0 Å². The van der Waals surface area contributed by atoms with Gasteiger partial charge in [-0.1, -0.05) is 30.3 Å². The van der Waals surface area contributed by atoms with Crippen molar-refractivity contribution in [2.24, 2.45) is 0 Å². The summed E-state index contributed by atoms with van der Waals surface area (Å²) in [6.45, 7) is 5.85. The number of furan rings is 1. The fourth-order valence-corrected chi connectivity index (χ4v) is 4.11. The summed E-state index contributed by atoms with van der Waals surface area (Å²) in [6, 6.07) is 14.7. The average molecular weight is 419 g/mol. The second kappa shape index (κ2) is 7.91. The fraction of sp³-hybridized carbons (Fsp3) is 0.292. The summed E-state index contributed by atoms with van der Waals surface area (Å²) in [5, 5.41) is 2.65. The Hall–Kier alpha value is -3.61. The number of aryl methyl sites for hydroxylation is 2.